The first-order chi connectivity index (χ1) is 10.1. The first-order valence-corrected chi connectivity index (χ1v) is 7.35. The number of aliphatic hydroxyl groups is 1. The van der Waals surface area contributed by atoms with Gasteiger partial charge in [-0.05, 0) is 26.0 Å². The highest BCUT2D eigenvalue weighted by atomic mass is 16.5. The molecule has 1 aromatic rings. The molecule has 0 aliphatic heterocycles. The summed E-state index contributed by atoms with van der Waals surface area (Å²) >= 11 is 0. The van der Waals surface area contributed by atoms with E-state index in [0.717, 1.165) is 11.5 Å². The van der Waals surface area contributed by atoms with E-state index >= 15 is 0 Å². The zero-order valence-electron chi connectivity index (χ0n) is 13.2. The summed E-state index contributed by atoms with van der Waals surface area (Å²) in [6.45, 7) is 6.58. The number of rotatable bonds is 11. The maximum Gasteiger partial charge on any atom is 0.161 e. The van der Waals surface area contributed by atoms with Crippen LogP contribution in [0.1, 0.15) is 20.3 Å². The molecular formula is C16H27NO4. The molecule has 5 nitrogen and oxygen atoms in total. The van der Waals surface area contributed by atoms with Crippen LogP contribution in [-0.2, 0) is 4.74 Å². The number of hydrogen-bond donors (Lipinski definition) is 2. The van der Waals surface area contributed by atoms with E-state index in [4.69, 9.17) is 14.2 Å². The van der Waals surface area contributed by atoms with Crippen LogP contribution >= 0.6 is 0 Å². The Morgan fingerprint density at radius 1 is 1.14 bits per heavy atom. The van der Waals surface area contributed by atoms with Gasteiger partial charge in [-0.1, -0.05) is 12.1 Å². The van der Waals surface area contributed by atoms with Crippen molar-refractivity contribution in [2.75, 3.05) is 40.0 Å². The van der Waals surface area contributed by atoms with Crippen LogP contribution in [0, 0.1) is 0 Å². The minimum Gasteiger partial charge on any atom is -0.490 e. The Morgan fingerprint density at radius 2 is 1.81 bits per heavy atom. The summed E-state index contributed by atoms with van der Waals surface area (Å²) in [6, 6.07) is 7.62. The Bertz CT molecular complexity index is 396. The van der Waals surface area contributed by atoms with Crippen molar-refractivity contribution in [2.24, 2.45) is 0 Å². The fourth-order valence-corrected chi connectivity index (χ4v) is 1.85. The molecule has 0 bridgehead atoms. The molecule has 1 unspecified atom stereocenters. The third-order valence-corrected chi connectivity index (χ3v) is 3.04. The highest BCUT2D eigenvalue weighted by Crippen LogP contribution is 2.26. The van der Waals surface area contributed by atoms with Crippen LogP contribution in [-0.4, -0.2) is 50.7 Å². The van der Waals surface area contributed by atoms with Gasteiger partial charge in [-0.15, -0.1) is 0 Å². The second kappa shape index (κ2) is 9.60. The fourth-order valence-electron chi connectivity index (χ4n) is 1.85. The van der Waals surface area contributed by atoms with Crippen LogP contribution in [0.25, 0.3) is 0 Å². The van der Waals surface area contributed by atoms with E-state index in [0.29, 0.717) is 39.3 Å². The van der Waals surface area contributed by atoms with Gasteiger partial charge in [0.05, 0.1) is 12.2 Å². The van der Waals surface area contributed by atoms with Crippen LogP contribution in [0.15, 0.2) is 24.3 Å². The molecule has 0 amide bonds. The number of para-hydroxylation sites is 2. The molecule has 21 heavy (non-hydrogen) atoms. The van der Waals surface area contributed by atoms with Crippen molar-refractivity contribution in [1.82, 2.24) is 5.32 Å². The molecule has 0 heterocycles. The van der Waals surface area contributed by atoms with E-state index in [2.05, 4.69) is 5.32 Å². The minimum absolute atomic E-state index is 0.507. The molecule has 0 aliphatic rings. The number of nitrogens with one attached hydrogen (secondary N) is 1. The second-order valence-electron chi connectivity index (χ2n) is 5.14. The molecule has 2 N–H and O–H groups in total. The second-order valence-corrected chi connectivity index (χ2v) is 5.14. The number of benzene rings is 1. The molecule has 0 aromatic heterocycles. The largest absolute Gasteiger partial charge is 0.490 e. The van der Waals surface area contributed by atoms with Crippen molar-refractivity contribution >= 4 is 0 Å². The Hall–Kier alpha value is -1.30. The summed E-state index contributed by atoms with van der Waals surface area (Å²) in [7, 11) is 1.63. The first-order valence-electron chi connectivity index (χ1n) is 7.35. The van der Waals surface area contributed by atoms with Gasteiger partial charge in [-0.3, -0.25) is 0 Å². The molecule has 0 saturated heterocycles. The first kappa shape index (κ1) is 17.8. The monoisotopic (exact) mass is 297 g/mol. The van der Waals surface area contributed by atoms with Crippen molar-refractivity contribution in [1.29, 1.82) is 0 Å². The van der Waals surface area contributed by atoms with Crippen molar-refractivity contribution < 1.29 is 19.3 Å². The van der Waals surface area contributed by atoms with Crippen LogP contribution in [0.4, 0.5) is 0 Å². The predicted octanol–water partition coefficient (Wildman–Crippen LogP) is 1.84. The predicted molar refractivity (Wildman–Crippen MR) is 83.1 cm³/mol. The summed E-state index contributed by atoms with van der Waals surface area (Å²) in [6.07, 6.45) is 0.602. The smallest absolute Gasteiger partial charge is 0.161 e. The van der Waals surface area contributed by atoms with E-state index < -0.39 is 5.60 Å². The summed E-state index contributed by atoms with van der Waals surface area (Å²) in [5.41, 5.74) is -0.765. The van der Waals surface area contributed by atoms with Crippen LogP contribution < -0.4 is 14.8 Å². The van der Waals surface area contributed by atoms with Crippen LogP contribution in [0.2, 0.25) is 0 Å². The van der Waals surface area contributed by atoms with E-state index in [1.165, 1.54) is 0 Å². The average molecular weight is 297 g/mol. The van der Waals surface area contributed by atoms with Gasteiger partial charge in [0.1, 0.15) is 6.61 Å². The Kier molecular flexibility index (Phi) is 8.12. The van der Waals surface area contributed by atoms with Gasteiger partial charge < -0.3 is 24.6 Å². The van der Waals surface area contributed by atoms with Gasteiger partial charge in [0.15, 0.2) is 11.5 Å². The van der Waals surface area contributed by atoms with Gasteiger partial charge >= 0.3 is 0 Å². The van der Waals surface area contributed by atoms with Gasteiger partial charge in [-0.25, -0.2) is 0 Å². The lowest BCUT2D eigenvalue weighted by Crippen LogP contribution is -2.40. The zero-order valence-corrected chi connectivity index (χ0v) is 13.2. The number of methoxy groups -OCH3 is 1. The van der Waals surface area contributed by atoms with Crippen LogP contribution in [0.3, 0.4) is 0 Å². The number of hydrogen-bond acceptors (Lipinski definition) is 5. The highest BCUT2D eigenvalue weighted by molar-refractivity contribution is 5.39. The lowest BCUT2D eigenvalue weighted by molar-refractivity contribution is 0.0245. The average Bonchev–Trinajstić information content (AvgIpc) is 2.47. The molecule has 5 heteroatoms. The van der Waals surface area contributed by atoms with E-state index in [1.807, 2.05) is 31.2 Å². The topological polar surface area (TPSA) is 60.0 Å². The molecule has 1 rings (SSSR count). The molecule has 1 atom stereocenters. The van der Waals surface area contributed by atoms with Gasteiger partial charge in [0.2, 0.25) is 0 Å². The Balaban J connectivity index is 2.25. The maximum atomic E-state index is 10.1. The van der Waals surface area contributed by atoms with Crippen molar-refractivity contribution in [2.45, 2.75) is 25.9 Å². The Labute approximate surface area is 127 Å². The van der Waals surface area contributed by atoms with Gasteiger partial charge in [-0.2, -0.15) is 0 Å². The highest BCUT2D eigenvalue weighted by Gasteiger charge is 2.18. The Morgan fingerprint density at radius 3 is 2.43 bits per heavy atom. The summed E-state index contributed by atoms with van der Waals surface area (Å²) in [5.74, 6) is 1.50. The molecule has 0 radical (unpaired) electrons. The SMILES string of the molecule is CCOc1ccccc1OCCNCC(C)(O)CCOC. The summed E-state index contributed by atoms with van der Waals surface area (Å²) in [5, 5.41) is 13.3. The molecule has 0 fully saturated rings. The third-order valence-electron chi connectivity index (χ3n) is 3.04. The van der Waals surface area contributed by atoms with Crippen molar-refractivity contribution in [3.8, 4) is 11.5 Å². The molecular weight excluding hydrogens is 270 g/mol. The van der Waals surface area contributed by atoms with Gasteiger partial charge in [0.25, 0.3) is 0 Å². The van der Waals surface area contributed by atoms with E-state index in [-0.39, 0.29) is 0 Å². The molecule has 0 saturated carbocycles. The molecule has 0 spiro atoms. The van der Waals surface area contributed by atoms with Crippen LogP contribution in [0.5, 0.6) is 11.5 Å². The van der Waals surface area contributed by atoms with Crippen molar-refractivity contribution in [3.63, 3.8) is 0 Å². The number of ether oxygens (including phenoxy) is 3. The molecule has 0 aliphatic carbocycles. The molecule has 1 aromatic carbocycles. The lowest BCUT2D eigenvalue weighted by Gasteiger charge is -2.23. The van der Waals surface area contributed by atoms with E-state index in [9.17, 15) is 5.11 Å². The summed E-state index contributed by atoms with van der Waals surface area (Å²) < 4.78 is 16.2. The van der Waals surface area contributed by atoms with Crippen molar-refractivity contribution in [3.05, 3.63) is 24.3 Å². The quantitative estimate of drug-likeness (QED) is 0.610. The fraction of sp³-hybridized carbons (Fsp3) is 0.625. The van der Waals surface area contributed by atoms with E-state index in [1.54, 1.807) is 14.0 Å². The molecule has 120 valence electrons. The third kappa shape index (κ3) is 7.32. The van der Waals surface area contributed by atoms with Gasteiger partial charge in [0, 0.05) is 33.2 Å². The lowest BCUT2D eigenvalue weighted by atomic mass is 10.0. The standard InChI is InChI=1S/C16H27NO4/c1-4-20-14-7-5-6-8-15(14)21-12-10-17-13-16(2,18)9-11-19-3/h5-8,17-18H,4,9-13H2,1-3H3. The normalized spacial score (nSPS) is 13.7. The minimum atomic E-state index is -0.765. The zero-order chi connectivity index (χ0) is 15.6. The summed E-state index contributed by atoms with van der Waals surface area (Å²) in [4.78, 5) is 0. The maximum absolute atomic E-state index is 10.1.